The first-order valence-electron chi connectivity index (χ1n) is 25.9. The first-order chi connectivity index (χ1) is 34.4. The minimum atomic E-state index is -1.50. The van der Waals surface area contributed by atoms with E-state index in [0.29, 0.717) is 11.1 Å². The van der Waals surface area contributed by atoms with Gasteiger partial charge in [-0.25, -0.2) is 19.2 Å². The molecule has 1 saturated heterocycles. The van der Waals surface area contributed by atoms with Crippen molar-refractivity contribution in [3.8, 4) is 0 Å². The van der Waals surface area contributed by atoms with E-state index in [1.54, 1.807) is 24.3 Å². The zero-order valence-electron chi connectivity index (χ0n) is 47.4. The summed E-state index contributed by atoms with van der Waals surface area (Å²) in [6, 6.07) is 9.56. The highest BCUT2D eigenvalue weighted by atomic mass is 16.6. The molecule has 0 bridgehead atoms. The summed E-state index contributed by atoms with van der Waals surface area (Å²) >= 11 is 0. The van der Waals surface area contributed by atoms with Gasteiger partial charge in [-0.05, 0) is 98.6 Å². The Morgan fingerprint density at radius 3 is 0.851 bits per heavy atom. The number of cyclic esters (lactones) is 4. The topological polar surface area (TPSA) is 193 Å². The molecule has 18 heteroatoms. The largest absolute Gasteiger partial charge is 0.451 e. The number of rotatable bonds is 14. The second kappa shape index (κ2) is 27.9. The van der Waals surface area contributed by atoms with Crippen LogP contribution in [0.3, 0.4) is 0 Å². The van der Waals surface area contributed by atoms with Crippen LogP contribution in [0.5, 0.6) is 0 Å². The molecule has 1 aliphatic heterocycles. The van der Waals surface area contributed by atoms with Crippen molar-refractivity contribution in [1.82, 2.24) is 19.6 Å². The number of ether oxygens (including phenoxy) is 4. The molecule has 0 saturated carbocycles. The van der Waals surface area contributed by atoms with Crippen LogP contribution < -0.4 is 9.80 Å². The third-order valence-electron chi connectivity index (χ3n) is 13.2. The number of carbonyl (C=O) groups is 8. The predicted molar refractivity (Wildman–Crippen MR) is 284 cm³/mol. The van der Waals surface area contributed by atoms with Crippen LogP contribution in [0, 0.1) is 23.7 Å². The van der Waals surface area contributed by atoms with Crippen LogP contribution in [-0.4, -0.2) is 172 Å². The molecule has 0 spiro atoms. The maximum absolute atomic E-state index is 14.8. The van der Waals surface area contributed by atoms with Gasteiger partial charge in [0, 0.05) is 80.6 Å². The summed E-state index contributed by atoms with van der Waals surface area (Å²) < 4.78 is 24.0. The number of esters is 4. The third kappa shape index (κ3) is 17.5. The lowest BCUT2D eigenvalue weighted by Crippen LogP contribution is -2.55. The fraction of sp³-hybridized carbons (Fsp3) is 0.643. The Bertz CT molecular complexity index is 2060. The van der Waals surface area contributed by atoms with Crippen LogP contribution >= 0.6 is 0 Å². The van der Waals surface area contributed by atoms with E-state index in [2.05, 4.69) is 0 Å². The Balaban J connectivity index is 2.28. The number of hydrogen-bond acceptors (Lipinski definition) is 14. The fourth-order valence-electron chi connectivity index (χ4n) is 8.77. The highest BCUT2D eigenvalue weighted by molar-refractivity contribution is 5.94. The van der Waals surface area contributed by atoms with E-state index >= 15 is 0 Å². The molecular weight excluding hydrogens is 949 g/mol. The molecule has 8 atom stereocenters. The number of nitrogens with zero attached hydrogens (tertiary/aromatic N) is 6. The van der Waals surface area contributed by atoms with Gasteiger partial charge < -0.3 is 48.3 Å². The van der Waals surface area contributed by atoms with E-state index in [0.717, 1.165) is 31.0 Å². The Labute approximate surface area is 440 Å². The average molecular weight is 1040 g/mol. The monoisotopic (exact) mass is 1030 g/mol. The lowest BCUT2D eigenvalue weighted by molar-refractivity contribution is -0.176. The molecule has 3 rings (SSSR count). The molecule has 0 aliphatic carbocycles. The van der Waals surface area contributed by atoms with Crippen LogP contribution in [0.4, 0.5) is 11.4 Å². The maximum Gasteiger partial charge on any atom is 0.329 e. The van der Waals surface area contributed by atoms with Gasteiger partial charge in [0.2, 0.25) is 0 Å². The average Bonchev–Trinajstić information content (AvgIpc) is 3.32. The van der Waals surface area contributed by atoms with Gasteiger partial charge in [-0.15, -0.1) is 0 Å². The van der Waals surface area contributed by atoms with Gasteiger partial charge in [-0.2, -0.15) is 0 Å². The molecule has 1 heterocycles. The molecule has 18 nitrogen and oxygen atoms in total. The Hall–Kier alpha value is -6.20. The third-order valence-corrected chi connectivity index (χ3v) is 13.2. The first-order valence-corrected chi connectivity index (χ1v) is 25.9. The number of carbonyl (C=O) groups excluding carboxylic acids is 8. The van der Waals surface area contributed by atoms with Crippen molar-refractivity contribution in [3.05, 3.63) is 59.7 Å². The van der Waals surface area contributed by atoms with Gasteiger partial charge in [-0.3, -0.25) is 19.2 Å². The van der Waals surface area contributed by atoms with Crippen molar-refractivity contribution >= 4 is 58.9 Å². The highest BCUT2D eigenvalue weighted by Gasteiger charge is 2.43. The minimum absolute atomic E-state index is 0.0991. The van der Waals surface area contributed by atoms with E-state index in [1.165, 1.54) is 42.0 Å². The zero-order chi connectivity index (χ0) is 56.0. The molecule has 412 valence electrons. The molecule has 1 fully saturated rings. The van der Waals surface area contributed by atoms with Crippen LogP contribution in [-0.2, 0) is 70.1 Å². The number of likely N-dealkylation sites (N-methyl/N-ethyl adjacent to an activating group) is 4. The van der Waals surface area contributed by atoms with E-state index in [1.807, 2.05) is 118 Å². The van der Waals surface area contributed by atoms with E-state index in [4.69, 9.17) is 18.9 Å². The van der Waals surface area contributed by atoms with Crippen molar-refractivity contribution in [2.24, 2.45) is 23.7 Å². The Morgan fingerprint density at radius 2 is 0.622 bits per heavy atom. The first kappa shape index (κ1) is 62.1. The number of amides is 4. The van der Waals surface area contributed by atoms with Crippen molar-refractivity contribution in [1.29, 1.82) is 0 Å². The summed E-state index contributed by atoms with van der Waals surface area (Å²) in [6.45, 7) is 17.6. The lowest BCUT2D eigenvalue weighted by atomic mass is 10.00. The molecule has 0 N–H and O–H groups in total. The minimum Gasteiger partial charge on any atom is -0.451 e. The molecule has 2 aromatic rings. The van der Waals surface area contributed by atoms with Crippen LogP contribution in [0.2, 0.25) is 0 Å². The van der Waals surface area contributed by atoms with Crippen LogP contribution in [0.15, 0.2) is 48.5 Å². The summed E-state index contributed by atoms with van der Waals surface area (Å²) in [5.74, 6) is -7.24. The fourth-order valence-corrected chi connectivity index (χ4v) is 8.77. The Morgan fingerprint density at radius 1 is 0.392 bits per heavy atom. The quantitative estimate of drug-likeness (QED) is 0.163. The van der Waals surface area contributed by atoms with Crippen molar-refractivity contribution in [2.75, 3.05) is 66.2 Å². The van der Waals surface area contributed by atoms with Gasteiger partial charge in [-0.1, -0.05) is 79.7 Å². The Kier molecular flexibility index (Phi) is 23.4. The molecule has 1 aliphatic rings. The molecule has 0 radical (unpaired) electrons. The van der Waals surface area contributed by atoms with E-state index in [9.17, 15) is 38.4 Å². The van der Waals surface area contributed by atoms with Crippen LogP contribution in [0.25, 0.3) is 0 Å². The molecule has 2 aromatic carbocycles. The second-order valence-corrected chi connectivity index (χ2v) is 21.9. The summed E-state index contributed by atoms with van der Waals surface area (Å²) in [6.07, 6.45) is -5.74. The van der Waals surface area contributed by atoms with Gasteiger partial charge >= 0.3 is 23.9 Å². The maximum atomic E-state index is 14.8. The number of hydrogen-bond donors (Lipinski definition) is 0. The summed E-state index contributed by atoms with van der Waals surface area (Å²) in [5, 5.41) is 0. The van der Waals surface area contributed by atoms with Crippen molar-refractivity contribution in [2.45, 2.75) is 156 Å². The summed E-state index contributed by atoms with van der Waals surface area (Å²) in [4.78, 5) is 125. The smallest absolute Gasteiger partial charge is 0.329 e. The molecule has 4 amide bonds. The van der Waals surface area contributed by atoms with Crippen LogP contribution in [0.1, 0.15) is 106 Å². The van der Waals surface area contributed by atoms with E-state index in [-0.39, 0.29) is 62.2 Å². The van der Waals surface area contributed by atoms with Gasteiger partial charge in [0.05, 0.1) is 0 Å². The van der Waals surface area contributed by atoms with Gasteiger partial charge in [0.1, 0.15) is 24.2 Å². The SMILES string of the molecule is CC(C)CC1C(=O)OC(Cc2ccc(N(C)C)cc2)C(=O)N(C)C(CC(C)C)C(=O)OC(C)C(=O)N(C)C(CC(C)C)C(=O)OC(Cc2ccc(N(C)C)cc2)C(=O)N(C)C(CC(C)C)C(=O)OC(C)C(=O)N1C. The normalized spacial score (nSPS) is 24.1. The number of anilines is 2. The van der Waals surface area contributed by atoms with Crippen molar-refractivity contribution in [3.63, 3.8) is 0 Å². The molecule has 74 heavy (non-hydrogen) atoms. The summed E-state index contributed by atoms with van der Waals surface area (Å²) in [7, 11) is 13.1. The molecule has 8 unspecified atom stereocenters. The van der Waals surface area contributed by atoms with Gasteiger partial charge in [0.25, 0.3) is 23.6 Å². The van der Waals surface area contributed by atoms with E-state index < -0.39 is 96.1 Å². The zero-order valence-corrected chi connectivity index (χ0v) is 47.4. The highest BCUT2D eigenvalue weighted by Crippen LogP contribution is 2.25. The summed E-state index contributed by atoms with van der Waals surface area (Å²) in [5.41, 5.74) is 3.04. The molecular formula is C56H86N6O12. The number of benzene rings is 2. The predicted octanol–water partition coefficient (Wildman–Crippen LogP) is 5.80. The second-order valence-electron chi connectivity index (χ2n) is 21.9. The lowest BCUT2D eigenvalue weighted by Gasteiger charge is -2.35. The standard InChI is InChI=1S/C56H86N6O12/c1-33(2)27-43-53(67)71-37(9)49(63)59(15)46(30-36(7)8)56(70)74-48(32-40-21-25-42(26-22-40)58(13)14)52(66)62(18)44(28-34(3)4)54(68)72-38(10)50(64)60(16)45(29-35(5)6)55(69)73-47(51(65)61(43)17)31-39-19-23-41(24-20-39)57(11)12/h19-26,33-38,43-48H,27-32H2,1-18H3. The van der Waals surface area contributed by atoms with Crippen molar-refractivity contribution < 1.29 is 57.3 Å². The molecule has 0 aromatic heterocycles. The van der Waals surface area contributed by atoms with Gasteiger partial charge in [0.15, 0.2) is 24.4 Å².